The molecule has 0 fully saturated rings. The molecular weight excluding hydrogens is 254 g/mol. The van der Waals surface area contributed by atoms with Crippen LogP contribution in [0.25, 0.3) is 0 Å². The molecule has 0 aromatic heterocycles. The van der Waals surface area contributed by atoms with Gasteiger partial charge < -0.3 is 16.4 Å². The maximum Gasteiger partial charge on any atom is 0.251 e. The van der Waals surface area contributed by atoms with Gasteiger partial charge in [-0.15, -0.1) is 0 Å². The second-order valence-electron chi connectivity index (χ2n) is 3.90. The molecule has 0 saturated heterocycles. The van der Waals surface area contributed by atoms with Crippen molar-refractivity contribution in [3.63, 3.8) is 0 Å². The molecule has 18 heavy (non-hydrogen) atoms. The molecule has 0 aliphatic carbocycles. The molecule has 0 bridgehead atoms. The van der Waals surface area contributed by atoms with Crippen LogP contribution in [-0.2, 0) is 4.79 Å². The lowest BCUT2D eigenvalue weighted by atomic mass is 10.1. The van der Waals surface area contributed by atoms with Crippen molar-refractivity contribution < 1.29 is 9.59 Å². The molecule has 0 aliphatic rings. The summed E-state index contributed by atoms with van der Waals surface area (Å²) in [6.45, 7) is 1.96. The minimum Gasteiger partial charge on any atom is -0.355 e. The van der Waals surface area contributed by atoms with Crippen molar-refractivity contribution in [1.29, 1.82) is 0 Å². The van der Waals surface area contributed by atoms with E-state index in [0.717, 1.165) is 0 Å². The number of rotatable bonds is 4. The lowest BCUT2D eigenvalue weighted by Crippen LogP contribution is -2.27. The normalized spacial score (nSPS) is 11.8. The van der Waals surface area contributed by atoms with Gasteiger partial charge in [0.2, 0.25) is 5.91 Å². The average Bonchev–Trinajstić information content (AvgIpc) is 2.39. The molecule has 1 aromatic carbocycles. The van der Waals surface area contributed by atoms with Gasteiger partial charge in [0.1, 0.15) is 0 Å². The van der Waals surface area contributed by atoms with E-state index in [9.17, 15) is 9.59 Å². The summed E-state index contributed by atoms with van der Waals surface area (Å²) < 4.78 is 0. The SMILES string of the molecule is CNC(=O)c1ccc(Cl)c(NC(=O)C(C)CN)c1. The Labute approximate surface area is 111 Å². The molecule has 2 amide bonds. The molecule has 1 aromatic rings. The summed E-state index contributed by atoms with van der Waals surface area (Å²) in [4.78, 5) is 23.2. The van der Waals surface area contributed by atoms with E-state index in [2.05, 4.69) is 10.6 Å². The van der Waals surface area contributed by atoms with E-state index in [1.54, 1.807) is 19.1 Å². The fraction of sp³-hybridized carbons (Fsp3) is 0.333. The molecular formula is C12H16ClN3O2. The smallest absolute Gasteiger partial charge is 0.251 e. The van der Waals surface area contributed by atoms with E-state index in [-0.39, 0.29) is 24.3 Å². The number of anilines is 1. The molecule has 0 aliphatic heterocycles. The van der Waals surface area contributed by atoms with Crippen molar-refractivity contribution in [1.82, 2.24) is 5.32 Å². The fourth-order valence-electron chi connectivity index (χ4n) is 1.27. The van der Waals surface area contributed by atoms with Gasteiger partial charge in [0.15, 0.2) is 0 Å². The number of hydrogen-bond donors (Lipinski definition) is 3. The Balaban J connectivity index is 2.94. The fourth-order valence-corrected chi connectivity index (χ4v) is 1.43. The van der Waals surface area contributed by atoms with Crippen LogP contribution in [0.15, 0.2) is 18.2 Å². The zero-order chi connectivity index (χ0) is 13.7. The van der Waals surface area contributed by atoms with Crippen molar-refractivity contribution in [2.75, 3.05) is 18.9 Å². The largest absolute Gasteiger partial charge is 0.355 e. The van der Waals surface area contributed by atoms with Crippen molar-refractivity contribution in [2.24, 2.45) is 11.7 Å². The lowest BCUT2D eigenvalue weighted by Gasteiger charge is -2.12. The summed E-state index contributed by atoms with van der Waals surface area (Å²) in [5.74, 6) is -0.785. The van der Waals surface area contributed by atoms with Crippen LogP contribution in [0.2, 0.25) is 5.02 Å². The number of halogens is 1. The molecule has 0 radical (unpaired) electrons. The van der Waals surface area contributed by atoms with Crippen LogP contribution in [-0.4, -0.2) is 25.4 Å². The summed E-state index contributed by atoms with van der Waals surface area (Å²) in [6.07, 6.45) is 0. The molecule has 4 N–H and O–H groups in total. The predicted octanol–water partition coefficient (Wildman–Crippen LogP) is 1.23. The predicted molar refractivity (Wildman–Crippen MR) is 71.7 cm³/mol. The van der Waals surface area contributed by atoms with E-state index in [0.29, 0.717) is 16.3 Å². The Morgan fingerprint density at radius 1 is 1.44 bits per heavy atom. The van der Waals surface area contributed by atoms with E-state index in [1.807, 2.05) is 0 Å². The highest BCUT2D eigenvalue weighted by molar-refractivity contribution is 6.33. The van der Waals surface area contributed by atoms with Gasteiger partial charge in [0.05, 0.1) is 10.7 Å². The number of nitrogens with two attached hydrogens (primary N) is 1. The van der Waals surface area contributed by atoms with Gasteiger partial charge in [0.25, 0.3) is 5.91 Å². The maximum absolute atomic E-state index is 11.7. The van der Waals surface area contributed by atoms with Gasteiger partial charge in [-0.05, 0) is 18.2 Å². The molecule has 0 spiro atoms. The Kier molecular flexibility index (Phi) is 5.12. The van der Waals surface area contributed by atoms with Gasteiger partial charge in [0, 0.05) is 25.1 Å². The number of nitrogens with one attached hydrogen (secondary N) is 2. The molecule has 98 valence electrons. The van der Waals surface area contributed by atoms with Crippen LogP contribution in [0.1, 0.15) is 17.3 Å². The summed E-state index contributed by atoms with van der Waals surface area (Å²) in [5.41, 5.74) is 6.24. The number of amides is 2. The quantitative estimate of drug-likeness (QED) is 0.769. The Hall–Kier alpha value is -1.59. The van der Waals surface area contributed by atoms with Gasteiger partial charge in [-0.2, -0.15) is 0 Å². The second kappa shape index (κ2) is 6.37. The minimum atomic E-state index is -0.315. The van der Waals surface area contributed by atoms with Crippen LogP contribution < -0.4 is 16.4 Å². The molecule has 0 heterocycles. The van der Waals surface area contributed by atoms with Crippen LogP contribution in [0, 0.1) is 5.92 Å². The Morgan fingerprint density at radius 3 is 2.67 bits per heavy atom. The summed E-state index contributed by atoms with van der Waals surface area (Å²) in [5, 5.41) is 5.53. The number of benzene rings is 1. The van der Waals surface area contributed by atoms with Gasteiger partial charge in [-0.25, -0.2) is 0 Å². The van der Waals surface area contributed by atoms with E-state index in [4.69, 9.17) is 17.3 Å². The molecule has 1 unspecified atom stereocenters. The Bertz CT molecular complexity index is 463. The first-order valence-electron chi connectivity index (χ1n) is 5.52. The first kappa shape index (κ1) is 14.5. The third kappa shape index (κ3) is 3.45. The number of carbonyl (C=O) groups excluding carboxylic acids is 2. The highest BCUT2D eigenvalue weighted by atomic mass is 35.5. The Morgan fingerprint density at radius 2 is 2.11 bits per heavy atom. The summed E-state index contributed by atoms with van der Waals surface area (Å²) in [6, 6.07) is 4.68. The first-order valence-corrected chi connectivity index (χ1v) is 5.90. The molecule has 5 nitrogen and oxygen atoms in total. The number of hydrogen-bond acceptors (Lipinski definition) is 3. The van der Waals surface area contributed by atoms with E-state index in [1.165, 1.54) is 13.1 Å². The van der Waals surface area contributed by atoms with E-state index >= 15 is 0 Å². The summed E-state index contributed by atoms with van der Waals surface area (Å²) in [7, 11) is 1.53. The van der Waals surface area contributed by atoms with Crippen LogP contribution in [0.4, 0.5) is 5.69 Å². The van der Waals surface area contributed by atoms with Crippen molar-refractivity contribution >= 4 is 29.1 Å². The molecule has 1 atom stereocenters. The monoisotopic (exact) mass is 269 g/mol. The van der Waals surface area contributed by atoms with Gasteiger partial charge in [-0.3, -0.25) is 9.59 Å². The zero-order valence-corrected chi connectivity index (χ0v) is 11.0. The highest BCUT2D eigenvalue weighted by Gasteiger charge is 2.14. The summed E-state index contributed by atoms with van der Waals surface area (Å²) >= 11 is 5.96. The average molecular weight is 270 g/mol. The van der Waals surface area contributed by atoms with Crippen LogP contribution in [0.3, 0.4) is 0 Å². The third-order valence-electron chi connectivity index (χ3n) is 2.51. The van der Waals surface area contributed by atoms with Crippen LogP contribution in [0.5, 0.6) is 0 Å². The van der Waals surface area contributed by atoms with Crippen molar-refractivity contribution in [2.45, 2.75) is 6.92 Å². The van der Waals surface area contributed by atoms with E-state index < -0.39 is 0 Å². The highest BCUT2D eigenvalue weighted by Crippen LogP contribution is 2.23. The van der Waals surface area contributed by atoms with Crippen LogP contribution >= 0.6 is 11.6 Å². The third-order valence-corrected chi connectivity index (χ3v) is 2.84. The molecule has 0 saturated carbocycles. The first-order chi connectivity index (χ1) is 8.49. The van der Waals surface area contributed by atoms with Crippen molar-refractivity contribution in [3.05, 3.63) is 28.8 Å². The van der Waals surface area contributed by atoms with Crippen molar-refractivity contribution in [3.8, 4) is 0 Å². The number of carbonyl (C=O) groups is 2. The standard InChI is InChI=1S/C12H16ClN3O2/c1-7(6-14)11(17)16-10-5-8(12(18)15-2)3-4-9(10)13/h3-5,7H,6,14H2,1-2H3,(H,15,18)(H,16,17). The molecule has 6 heteroatoms. The van der Waals surface area contributed by atoms with Gasteiger partial charge in [-0.1, -0.05) is 18.5 Å². The maximum atomic E-state index is 11.7. The zero-order valence-electron chi connectivity index (χ0n) is 10.3. The molecule has 1 rings (SSSR count). The lowest BCUT2D eigenvalue weighted by molar-refractivity contribution is -0.119. The van der Waals surface area contributed by atoms with Gasteiger partial charge >= 0.3 is 0 Å². The minimum absolute atomic E-state index is 0.228. The second-order valence-corrected chi connectivity index (χ2v) is 4.31. The topological polar surface area (TPSA) is 84.2 Å².